The Kier molecular flexibility index (Phi) is 3.61. The van der Waals surface area contributed by atoms with Crippen LogP contribution >= 0.6 is 0 Å². The smallest absolute Gasteiger partial charge is 0.286 e. The maximum atomic E-state index is 13.3. The minimum Gasteiger partial charge on any atom is -0.441 e. The number of pyridine rings is 3. The fourth-order valence-electron chi connectivity index (χ4n) is 2.63. The van der Waals surface area contributed by atoms with Gasteiger partial charge < -0.3 is 4.42 Å². The fourth-order valence-corrected chi connectivity index (χ4v) is 2.63. The highest BCUT2D eigenvalue weighted by molar-refractivity contribution is 5.77. The van der Waals surface area contributed by atoms with Crippen molar-refractivity contribution < 1.29 is 13.2 Å². The number of alkyl halides is 2. The van der Waals surface area contributed by atoms with E-state index in [0.29, 0.717) is 16.5 Å². The van der Waals surface area contributed by atoms with Gasteiger partial charge in [-0.3, -0.25) is 19.3 Å². The van der Waals surface area contributed by atoms with Gasteiger partial charge in [0.15, 0.2) is 18.0 Å². The van der Waals surface area contributed by atoms with Crippen LogP contribution < -0.4 is 5.56 Å². The van der Waals surface area contributed by atoms with Crippen LogP contribution in [0.1, 0.15) is 12.6 Å². The zero-order chi connectivity index (χ0) is 18.3. The number of aromatic nitrogens is 4. The molecule has 0 spiro atoms. The maximum Gasteiger partial charge on any atom is 0.286 e. The summed E-state index contributed by atoms with van der Waals surface area (Å²) in [5, 5.41) is 0.704. The van der Waals surface area contributed by atoms with E-state index in [4.69, 9.17) is 4.42 Å². The average Bonchev–Trinajstić information content (AvgIpc) is 3.11. The van der Waals surface area contributed by atoms with Gasteiger partial charge in [-0.05, 0) is 24.3 Å². The summed E-state index contributed by atoms with van der Waals surface area (Å²) in [5.41, 5.74) is 0.0128. The quantitative estimate of drug-likeness (QED) is 0.562. The summed E-state index contributed by atoms with van der Waals surface area (Å²) in [5.74, 6) is -2.55. The van der Waals surface area contributed by atoms with Crippen LogP contribution in [0.2, 0.25) is 0 Å². The van der Waals surface area contributed by atoms with Crippen molar-refractivity contribution in [2.45, 2.75) is 12.8 Å². The Balaban J connectivity index is 1.83. The van der Waals surface area contributed by atoms with Crippen LogP contribution in [0.5, 0.6) is 0 Å². The second-order valence-corrected chi connectivity index (χ2v) is 5.76. The topological polar surface area (TPSA) is 73.8 Å². The van der Waals surface area contributed by atoms with E-state index in [-0.39, 0.29) is 22.8 Å². The first-order valence-corrected chi connectivity index (χ1v) is 7.70. The molecule has 4 aromatic rings. The van der Waals surface area contributed by atoms with Gasteiger partial charge in [-0.15, -0.1) is 0 Å². The SMILES string of the molecule is CC(F)(F)c1ccc(-c2ocnc2-n2ccc3cccnc3c2=O)cn1. The van der Waals surface area contributed by atoms with Gasteiger partial charge in [-0.2, -0.15) is 13.8 Å². The number of hydrogen-bond acceptors (Lipinski definition) is 5. The Morgan fingerprint density at radius 3 is 2.69 bits per heavy atom. The number of halogens is 2. The van der Waals surface area contributed by atoms with Crippen LogP contribution in [-0.4, -0.2) is 19.5 Å². The predicted octanol–water partition coefficient (Wildman–Crippen LogP) is 3.55. The zero-order valence-corrected chi connectivity index (χ0v) is 13.6. The molecule has 0 saturated heterocycles. The van der Waals surface area contributed by atoms with E-state index in [9.17, 15) is 13.6 Å². The summed E-state index contributed by atoms with van der Waals surface area (Å²) in [6.45, 7) is 0.774. The lowest BCUT2D eigenvalue weighted by Crippen LogP contribution is -2.19. The van der Waals surface area contributed by atoms with E-state index in [1.54, 1.807) is 24.4 Å². The summed E-state index contributed by atoms with van der Waals surface area (Å²) in [6.07, 6.45) is 5.55. The van der Waals surface area contributed by atoms with Crippen molar-refractivity contribution >= 4 is 10.9 Å². The van der Waals surface area contributed by atoms with Crippen LogP contribution in [0.4, 0.5) is 8.78 Å². The van der Waals surface area contributed by atoms with Crippen LogP contribution in [0.3, 0.4) is 0 Å². The third-order valence-electron chi connectivity index (χ3n) is 3.92. The molecule has 0 aromatic carbocycles. The number of oxazole rings is 1. The number of rotatable bonds is 3. The molecule has 0 saturated carbocycles. The lowest BCUT2D eigenvalue weighted by atomic mass is 10.1. The fraction of sp³-hybridized carbons (Fsp3) is 0.111. The Morgan fingerprint density at radius 2 is 1.96 bits per heavy atom. The van der Waals surface area contributed by atoms with Crippen molar-refractivity contribution in [3.05, 3.63) is 71.4 Å². The summed E-state index contributed by atoms with van der Waals surface area (Å²) in [7, 11) is 0. The van der Waals surface area contributed by atoms with Crippen LogP contribution in [0.25, 0.3) is 28.0 Å². The molecule has 26 heavy (non-hydrogen) atoms. The number of hydrogen-bond donors (Lipinski definition) is 0. The highest BCUT2D eigenvalue weighted by Gasteiger charge is 2.26. The summed E-state index contributed by atoms with van der Waals surface area (Å²) >= 11 is 0. The maximum absolute atomic E-state index is 13.3. The largest absolute Gasteiger partial charge is 0.441 e. The standard InChI is InChI=1S/C18H12F2N4O2/c1-18(19,20)13-5-4-12(9-22-13)15-16(23-10-26-15)24-8-6-11-3-2-7-21-14(11)17(24)25/h2-10H,1H3. The van der Waals surface area contributed by atoms with E-state index in [1.807, 2.05) is 0 Å². The van der Waals surface area contributed by atoms with Crippen molar-refractivity contribution in [1.29, 1.82) is 0 Å². The number of fused-ring (bicyclic) bond motifs is 1. The molecule has 4 heterocycles. The van der Waals surface area contributed by atoms with Crippen LogP contribution in [0.15, 0.2) is 64.5 Å². The lowest BCUT2D eigenvalue weighted by molar-refractivity contribution is 0.0128. The van der Waals surface area contributed by atoms with Crippen molar-refractivity contribution in [1.82, 2.24) is 19.5 Å². The molecule has 0 fully saturated rings. The molecular formula is C18H12F2N4O2. The van der Waals surface area contributed by atoms with Gasteiger partial charge in [0.05, 0.1) is 0 Å². The second kappa shape index (κ2) is 5.83. The van der Waals surface area contributed by atoms with Gasteiger partial charge in [-0.1, -0.05) is 6.07 Å². The summed E-state index contributed by atoms with van der Waals surface area (Å²) < 4.78 is 33.3. The van der Waals surface area contributed by atoms with E-state index in [1.165, 1.54) is 35.5 Å². The second-order valence-electron chi connectivity index (χ2n) is 5.76. The molecule has 4 aromatic heterocycles. The van der Waals surface area contributed by atoms with Gasteiger partial charge >= 0.3 is 0 Å². The molecule has 0 aliphatic rings. The third kappa shape index (κ3) is 2.65. The Labute approximate surface area is 145 Å². The van der Waals surface area contributed by atoms with Crippen LogP contribution in [-0.2, 0) is 5.92 Å². The molecule has 0 bridgehead atoms. The first-order valence-electron chi connectivity index (χ1n) is 7.70. The Bertz CT molecular complexity index is 1140. The van der Waals surface area contributed by atoms with Crippen molar-refractivity contribution in [3.63, 3.8) is 0 Å². The molecule has 0 aliphatic carbocycles. The highest BCUT2D eigenvalue weighted by Crippen LogP contribution is 2.29. The molecule has 8 heteroatoms. The average molecular weight is 354 g/mol. The predicted molar refractivity (Wildman–Crippen MR) is 90.2 cm³/mol. The monoisotopic (exact) mass is 354 g/mol. The molecular weight excluding hydrogens is 342 g/mol. The summed E-state index contributed by atoms with van der Waals surface area (Å²) in [6, 6.07) is 7.93. The van der Waals surface area contributed by atoms with Gasteiger partial charge in [0.2, 0.25) is 0 Å². The van der Waals surface area contributed by atoms with Gasteiger partial charge in [0.25, 0.3) is 11.5 Å². The molecule has 0 atom stereocenters. The van der Waals surface area contributed by atoms with E-state index in [2.05, 4.69) is 15.0 Å². The molecule has 130 valence electrons. The van der Waals surface area contributed by atoms with E-state index in [0.717, 1.165) is 6.92 Å². The minimum absolute atomic E-state index is 0.236. The van der Waals surface area contributed by atoms with Gasteiger partial charge in [0.1, 0.15) is 11.2 Å². The molecule has 0 aliphatic heterocycles. The van der Waals surface area contributed by atoms with E-state index >= 15 is 0 Å². The first-order chi connectivity index (χ1) is 12.4. The molecule has 0 N–H and O–H groups in total. The lowest BCUT2D eigenvalue weighted by Gasteiger charge is -2.10. The van der Waals surface area contributed by atoms with Gasteiger partial charge in [0, 0.05) is 36.5 Å². The van der Waals surface area contributed by atoms with Gasteiger partial charge in [-0.25, -0.2) is 0 Å². The molecule has 0 amide bonds. The van der Waals surface area contributed by atoms with Crippen molar-refractivity contribution in [2.75, 3.05) is 0 Å². The first kappa shape index (κ1) is 16.1. The van der Waals surface area contributed by atoms with Crippen molar-refractivity contribution in [3.8, 4) is 17.1 Å². The minimum atomic E-state index is -3.04. The molecule has 4 rings (SSSR count). The highest BCUT2D eigenvalue weighted by atomic mass is 19.3. The Hall–Kier alpha value is -3.42. The Morgan fingerprint density at radius 1 is 1.12 bits per heavy atom. The van der Waals surface area contributed by atoms with Crippen molar-refractivity contribution in [2.24, 2.45) is 0 Å². The summed E-state index contributed by atoms with van der Waals surface area (Å²) in [4.78, 5) is 24.7. The molecule has 0 radical (unpaired) electrons. The normalized spacial score (nSPS) is 11.8. The third-order valence-corrected chi connectivity index (χ3v) is 3.92. The molecule has 0 unspecified atom stereocenters. The zero-order valence-electron chi connectivity index (χ0n) is 13.6. The number of nitrogens with zero attached hydrogens (tertiary/aromatic N) is 4. The molecule has 6 nitrogen and oxygen atoms in total. The van der Waals surface area contributed by atoms with E-state index < -0.39 is 5.92 Å². The van der Waals surface area contributed by atoms with Crippen LogP contribution in [0, 0.1) is 0 Å².